The summed E-state index contributed by atoms with van der Waals surface area (Å²) < 4.78 is 26.3. The van der Waals surface area contributed by atoms with E-state index < -0.39 is 11.6 Å². The first-order chi connectivity index (χ1) is 8.79. The Kier molecular flexibility index (Phi) is 9.42. The standard InChI is InChI=1S/C11H13F2N.C2H6.CH5N.H2/c12-9-5-3-4-8(11(9)13)10-6-1-2-7-14-10;2*1-2;/h3-5,10,14H,1-2,6-7H2;1-2H3;2H2,1H3;1H/t10-;;;/m0.../s1. The minimum Gasteiger partial charge on any atom is -0.333 e. The highest BCUT2D eigenvalue weighted by Crippen LogP contribution is 2.25. The van der Waals surface area contributed by atoms with Gasteiger partial charge in [0.15, 0.2) is 11.6 Å². The molecule has 0 saturated carbocycles. The summed E-state index contributed by atoms with van der Waals surface area (Å²) in [5.41, 5.74) is 4.96. The molecule has 1 heterocycles. The van der Waals surface area contributed by atoms with E-state index in [4.69, 9.17) is 0 Å². The monoisotopic (exact) mass is 260 g/mol. The maximum atomic E-state index is 13.4. The summed E-state index contributed by atoms with van der Waals surface area (Å²) in [7, 11) is 1.50. The zero-order chi connectivity index (χ0) is 14.0. The normalized spacial score (nSPS) is 18.0. The van der Waals surface area contributed by atoms with Crippen molar-refractivity contribution in [2.45, 2.75) is 39.2 Å². The molecule has 1 aliphatic rings. The summed E-state index contributed by atoms with van der Waals surface area (Å²) in [5.74, 6) is -1.46. The van der Waals surface area contributed by atoms with Gasteiger partial charge in [-0.15, -0.1) is 0 Å². The molecule has 0 aromatic heterocycles. The third-order valence-corrected chi connectivity index (χ3v) is 2.67. The first-order valence-electron chi connectivity index (χ1n) is 6.54. The Morgan fingerprint density at radius 2 is 1.89 bits per heavy atom. The quantitative estimate of drug-likeness (QED) is 0.809. The average Bonchev–Trinajstić information content (AvgIpc) is 2.47. The van der Waals surface area contributed by atoms with E-state index in [-0.39, 0.29) is 7.47 Å². The third kappa shape index (κ3) is 4.70. The molecule has 1 saturated heterocycles. The van der Waals surface area contributed by atoms with Crippen LogP contribution in [0, 0.1) is 11.6 Å². The molecule has 18 heavy (non-hydrogen) atoms. The molecular formula is C14H26F2N2. The van der Waals surface area contributed by atoms with Crippen molar-refractivity contribution in [3.63, 3.8) is 0 Å². The Morgan fingerprint density at radius 1 is 1.22 bits per heavy atom. The van der Waals surface area contributed by atoms with E-state index in [1.807, 2.05) is 13.8 Å². The molecule has 0 radical (unpaired) electrons. The van der Waals surface area contributed by atoms with Crippen molar-refractivity contribution < 1.29 is 10.2 Å². The minimum absolute atomic E-state index is 0. The largest absolute Gasteiger partial charge is 0.333 e. The van der Waals surface area contributed by atoms with E-state index >= 15 is 0 Å². The highest BCUT2D eigenvalue weighted by atomic mass is 19.2. The van der Waals surface area contributed by atoms with Gasteiger partial charge in [-0.3, -0.25) is 0 Å². The van der Waals surface area contributed by atoms with E-state index in [0.717, 1.165) is 31.9 Å². The lowest BCUT2D eigenvalue weighted by molar-refractivity contribution is 0.391. The summed E-state index contributed by atoms with van der Waals surface area (Å²) in [6, 6.07) is 4.35. The molecule has 1 aromatic carbocycles. The van der Waals surface area contributed by atoms with Gasteiger partial charge in [0, 0.05) is 13.0 Å². The van der Waals surface area contributed by atoms with Gasteiger partial charge >= 0.3 is 0 Å². The Labute approximate surface area is 110 Å². The minimum atomic E-state index is -0.755. The molecule has 0 spiro atoms. The van der Waals surface area contributed by atoms with Crippen LogP contribution in [0.2, 0.25) is 0 Å². The second kappa shape index (κ2) is 9.97. The molecule has 1 aliphatic heterocycles. The van der Waals surface area contributed by atoms with E-state index in [1.165, 1.54) is 7.05 Å². The molecule has 106 valence electrons. The maximum absolute atomic E-state index is 13.4. The molecule has 0 bridgehead atoms. The lowest BCUT2D eigenvalue weighted by Gasteiger charge is -2.24. The van der Waals surface area contributed by atoms with Crippen LogP contribution >= 0.6 is 0 Å². The molecule has 0 amide bonds. The number of nitrogens with one attached hydrogen (secondary N) is 1. The van der Waals surface area contributed by atoms with Crippen LogP contribution < -0.4 is 11.1 Å². The summed E-state index contributed by atoms with van der Waals surface area (Å²) in [4.78, 5) is 0. The van der Waals surface area contributed by atoms with Gasteiger partial charge in [-0.1, -0.05) is 32.4 Å². The van der Waals surface area contributed by atoms with Gasteiger partial charge in [0.05, 0.1) is 0 Å². The second-order valence-corrected chi connectivity index (χ2v) is 3.65. The zero-order valence-corrected chi connectivity index (χ0v) is 11.5. The van der Waals surface area contributed by atoms with Crippen LogP contribution in [0.1, 0.15) is 46.1 Å². The van der Waals surface area contributed by atoms with Crippen molar-refractivity contribution >= 4 is 0 Å². The maximum Gasteiger partial charge on any atom is 0.163 e. The van der Waals surface area contributed by atoms with Crippen LogP contribution in [0.3, 0.4) is 0 Å². The number of hydrogen-bond donors (Lipinski definition) is 2. The molecule has 2 nitrogen and oxygen atoms in total. The molecule has 1 atom stereocenters. The fourth-order valence-electron chi connectivity index (χ4n) is 1.91. The summed E-state index contributed by atoms with van der Waals surface area (Å²) in [6.45, 7) is 4.89. The number of halogens is 2. The smallest absolute Gasteiger partial charge is 0.163 e. The van der Waals surface area contributed by atoms with Crippen molar-refractivity contribution in [1.82, 2.24) is 5.32 Å². The van der Waals surface area contributed by atoms with Crippen LogP contribution in [0.15, 0.2) is 18.2 Å². The first-order valence-corrected chi connectivity index (χ1v) is 6.54. The van der Waals surface area contributed by atoms with E-state index in [1.54, 1.807) is 12.1 Å². The van der Waals surface area contributed by atoms with Crippen LogP contribution in [0.4, 0.5) is 8.78 Å². The van der Waals surface area contributed by atoms with Gasteiger partial charge in [0.25, 0.3) is 0 Å². The van der Waals surface area contributed by atoms with Gasteiger partial charge in [0.1, 0.15) is 0 Å². The molecular weight excluding hydrogens is 234 g/mol. The van der Waals surface area contributed by atoms with Gasteiger partial charge < -0.3 is 11.1 Å². The second-order valence-electron chi connectivity index (χ2n) is 3.65. The van der Waals surface area contributed by atoms with Gasteiger partial charge in [-0.25, -0.2) is 8.78 Å². The van der Waals surface area contributed by atoms with Crippen molar-refractivity contribution in [3.8, 4) is 0 Å². The topological polar surface area (TPSA) is 38.0 Å². The SMILES string of the molecule is CC.CN.Fc1cccc([C@@H]2CCCCN2)c1F.[HH]. The van der Waals surface area contributed by atoms with Crippen molar-refractivity contribution in [2.24, 2.45) is 5.73 Å². The molecule has 0 aliphatic carbocycles. The molecule has 0 unspecified atom stereocenters. The van der Waals surface area contributed by atoms with Gasteiger partial charge in [0.2, 0.25) is 0 Å². The lowest BCUT2D eigenvalue weighted by atomic mass is 9.97. The fraction of sp³-hybridized carbons (Fsp3) is 0.571. The summed E-state index contributed by atoms with van der Waals surface area (Å²) >= 11 is 0. The van der Waals surface area contributed by atoms with Crippen LogP contribution in [0.5, 0.6) is 0 Å². The molecule has 2 rings (SSSR count). The third-order valence-electron chi connectivity index (χ3n) is 2.67. The predicted molar refractivity (Wildman–Crippen MR) is 74.5 cm³/mol. The molecule has 4 heteroatoms. The van der Waals surface area contributed by atoms with Crippen molar-refractivity contribution in [1.29, 1.82) is 0 Å². The van der Waals surface area contributed by atoms with Crippen molar-refractivity contribution in [2.75, 3.05) is 13.6 Å². The number of nitrogens with two attached hydrogens (primary N) is 1. The highest BCUT2D eigenvalue weighted by Gasteiger charge is 2.19. The van der Waals surface area contributed by atoms with Crippen LogP contribution in [-0.4, -0.2) is 13.6 Å². The predicted octanol–water partition coefficient (Wildman–Crippen LogP) is 3.63. The first kappa shape index (κ1) is 17.0. The lowest BCUT2D eigenvalue weighted by Crippen LogP contribution is -2.27. The average molecular weight is 260 g/mol. The highest BCUT2D eigenvalue weighted by molar-refractivity contribution is 5.22. The number of hydrogen-bond acceptors (Lipinski definition) is 2. The van der Waals surface area contributed by atoms with Gasteiger partial charge in [-0.2, -0.15) is 0 Å². The number of rotatable bonds is 1. The molecule has 3 N–H and O–H groups in total. The van der Waals surface area contributed by atoms with Crippen molar-refractivity contribution in [3.05, 3.63) is 35.4 Å². The van der Waals surface area contributed by atoms with E-state index in [2.05, 4.69) is 11.1 Å². The van der Waals surface area contributed by atoms with E-state index in [0.29, 0.717) is 5.56 Å². The van der Waals surface area contributed by atoms with E-state index in [9.17, 15) is 8.78 Å². The Bertz CT molecular complexity index is 329. The fourth-order valence-corrected chi connectivity index (χ4v) is 1.91. The Hall–Kier alpha value is -1.00. The number of piperidine rings is 1. The summed E-state index contributed by atoms with van der Waals surface area (Å²) in [6.07, 6.45) is 3.08. The Balaban J connectivity index is 0. The van der Waals surface area contributed by atoms with Crippen LogP contribution in [0.25, 0.3) is 0 Å². The summed E-state index contributed by atoms with van der Waals surface area (Å²) in [5, 5.41) is 3.20. The molecule has 1 aromatic rings. The zero-order valence-electron chi connectivity index (χ0n) is 11.5. The van der Waals surface area contributed by atoms with Crippen LogP contribution in [-0.2, 0) is 0 Å². The Morgan fingerprint density at radius 3 is 2.44 bits per heavy atom. The molecule has 1 fully saturated rings. The van der Waals surface area contributed by atoms with Gasteiger partial charge in [-0.05, 0) is 32.5 Å². The number of benzene rings is 1.